The number of hydrogen-bond acceptors (Lipinski definition) is 3. The highest BCUT2D eigenvalue weighted by Gasteiger charge is 2.30. The molecule has 6 nitrogen and oxygen atoms in total. The van der Waals surface area contributed by atoms with Crippen molar-refractivity contribution in [1.82, 2.24) is 14.8 Å². The fourth-order valence-electron chi connectivity index (χ4n) is 4.94. The van der Waals surface area contributed by atoms with Crippen LogP contribution >= 0.6 is 0 Å². The van der Waals surface area contributed by atoms with Gasteiger partial charge < -0.3 is 15.2 Å². The summed E-state index contributed by atoms with van der Waals surface area (Å²) in [6.07, 6.45) is 1.58. The van der Waals surface area contributed by atoms with Gasteiger partial charge in [0.2, 0.25) is 11.8 Å². The zero-order valence-corrected chi connectivity index (χ0v) is 21.1. The molecule has 182 valence electrons. The highest BCUT2D eigenvalue weighted by Crippen LogP contribution is 2.31. The van der Waals surface area contributed by atoms with Gasteiger partial charge in [0, 0.05) is 46.0 Å². The number of aromatic nitrogens is 1. The van der Waals surface area contributed by atoms with E-state index in [1.807, 2.05) is 13.0 Å². The molecule has 2 atom stereocenters. The number of carbonyl (C=O) groups excluding carboxylic acids is 2. The number of benzene rings is 2. The molecule has 34 heavy (non-hydrogen) atoms. The zero-order valence-electron chi connectivity index (χ0n) is 21.1. The van der Waals surface area contributed by atoms with Gasteiger partial charge in [0.15, 0.2) is 0 Å². The smallest absolute Gasteiger partial charge is 0.241 e. The minimum atomic E-state index is -0.244. The second kappa shape index (κ2) is 10.2. The quantitative estimate of drug-likeness (QED) is 0.518. The van der Waals surface area contributed by atoms with E-state index in [0.29, 0.717) is 5.92 Å². The molecule has 2 aromatic carbocycles. The van der Waals surface area contributed by atoms with Crippen LogP contribution in [-0.4, -0.2) is 46.5 Å². The number of aryl methyl sites for hydroxylation is 1. The number of fused-ring (bicyclic) bond motifs is 3. The van der Waals surface area contributed by atoms with Crippen LogP contribution in [0.15, 0.2) is 42.5 Å². The van der Waals surface area contributed by atoms with E-state index in [2.05, 4.69) is 84.2 Å². The molecule has 3 aromatic rings. The summed E-state index contributed by atoms with van der Waals surface area (Å²) in [5, 5.41) is 8.63. The lowest BCUT2D eigenvalue weighted by Crippen LogP contribution is -2.49. The van der Waals surface area contributed by atoms with E-state index < -0.39 is 0 Å². The van der Waals surface area contributed by atoms with Crippen LogP contribution in [0.25, 0.3) is 21.8 Å². The average molecular weight is 463 g/mol. The van der Waals surface area contributed by atoms with Crippen molar-refractivity contribution in [2.24, 2.45) is 11.8 Å². The molecule has 1 aromatic heterocycles. The van der Waals surface area contributed by atoms with E-state index in [9.17, 15) is 9.59 Å². The van der Waals surface area contributed by atoms with Gasteiger partial charge in [-0.05, 0) is 76.9 Å². The van der Waals surface area contributed by atoms with Gasteiger partial charge in [0.25, 0.3) is 0 Å². The summed E-state index contributed by atoms with van der Waals surface area (Å²) >= 11 is 0. The Hall–Kier alpha value is -2.86. The van der Waals surface area contributed by atoms with E-state index in [1.165, 1.54) is 16.4 Å². The average Bonchev–Trinajstić information content (AvgIpc) is 3.16. The number of hydrogen-bond donors (Lipinski definition) is 2. The van der Waals surface area contributed by atoms with E-state index in [0.717, 1.165) is 43.5 Å². The van der Waals surface area contributed by atoms with Crippen LogP contribution in [0.2, 0.25) is 0 Å². The summed E-state index contributed by atoms with van der Waals surface area (Å²) in [6.45, 7) is 12.8. The molecule has 2 N–H and O–H groups in total. The predicted octanol–water partition coefficient (Wildman–Crippen LogP) is 5.01. The lowest BCUT2D eigenvalue weighted by Gasteiger charge is -2.35. The number of rotatable bonds is 7. The third kappa shape index (κ3) is 4.83. The Balaban J connectivity index is 1.39. The van der Waals surface area contributed by atoms with E-state index in [4.69, 9.17) is 0 Å². The lowest BCUT2D eigenvalue weighted by molar-refractivity contribution is -0.128. The molecule has 1 fully saturated rings. The Labute approximate surface area is 202 Å². The number of piperidine rings is 1. The summed E-state index contributed by atoms with van der Waals surface area (Å²) in [5.41, 5.74) is 3.22. The largest absolute Gasteiger partial charge is 0.353 e. The van der Waals surface area contributed by atoms with Crippen molar-refractivity contribution in [2.45, 2.75) is 66.1 Å². The van der Waals surface area contributed by atoms with E-state index >= 15 is 0 Å². The SMILES string of the molecule is CCn1c2ccccc2c2cc(NC(=O)C(C)N3CCC(C(=O)NC(C)C(C)C)CC3)ccc21. The van der Waals surface area contributed by atoms with Gasteiger partial charge in [0.1, 0.15) is 0 Å². The number of amides is 2. The Morgan fingerprint density at radius 2 is 1.65 bits per heavy atom. The summed E-state index contributed by atoms with van der Waals surface area (Å²) < 4.78 is 2.31. The van der Waals surface area contributed by atoms with E-state index in [-0.39, 0.29) is 29.8 Å². The maximum absolute atomic E-state index is 13.1. The fraction of sp³-hybridized carbons (Fsp3) is 0.500. The highest BCUT2D eigenvalue weighted by molar-refractivity contribution is 6.10. The number of nitrogens with one attached hydrogen (secondary N) is 2. The molecule has 0 aliphatic carbocycles. The molecular weight excluding hydrogens is 424 g/mol. The standard InChI is InChI=1S/C28H38N4O2/c1-6-32-25-10-8-7-9-23(25)24-17-22(11-12-26(24)32)30-27(33)20(5)31-15-13-21(14-16-31)28(34)29-19(4)18(2)3/h7-12,17-21H,6,13-16H2,1-5H3,(H,29,34)(H,30,33). The maximum atomic E-state index is 13.1. The first-order valence-corrected chi connectivity index (χ1v) is 12.7. The van der Waals surface area contributed by atoms with Crippen molar-refractivity contribution < 1.29 is 9.59 Å². The van der Waals surface area contributed by atoms with Crippen LogP contribution in [-0.2, 0) is 16.1 Å². The monoisotopic (exact) mass is 462 g/mol. The van der Waals surface area contributed by atoms with Crippen LogP contribution in [0.5, 0.6) is 0 Å². The van der Waals surface area contributed by atoms with Crippen LogP contribution < -0.4 is 10.6 Å². The number of carbonyl (C=O) groups is 2. The van der Waals surface area contributed by atoms with Crippen molar-refractivity contribution in [3.05, 3.63) is 42.5 Å². The molecule has 2 heterocycles. The Morgan fingerprint density at radius 1 is 0.971 bits per heavy atom. The third-order valence-electron chi connectivity index (χ3n) is 7.55. The number of para-hydroxylation sites is 1. The number of likely N-dealkylation sites (tertiary alicyclic amines) is 1. The van der Waals surface area contributed by atoms with Gasteiger partial charge in [-0.1, -0.05) is 32.0 Å². The normalized spacial score (nSPS) is 17.2. The van der Waals surface area contributed by atoms with Gasteiger partial charge >= 0.3 is 0 Å². The van der Waals surface area contributed by atoms with Crippen molar-refractivity contribution >= 4 is 39.3 Å². The molecule has 2 unspecified atom stereocenters. The second-order valence-corrected chi connectivity index (χ2v) is 10.0. The topological polar surface area (TPSA) is 66.4 Å². The molecule has 0 bridgehead atoms. The van der Waals surface area contributed by atoms with Crippen LogP contribution in [0.3, 0.4) is 0 Å². The molecule has 6 heteroatoms. The second-order valence-electron chi connectivity index (χ2n) is 10.0. The third-order valence-corrected chi connectivity index (χ3v) is 7.55. The van der Waals surface area contributed by atoms with Gasteiger partial charge in [-0.2, -0.15) is 0 Å². The Kier molecular flexibility index (Phi) is 7.27. The molecule has 1 aliphatic heterocycles. The molecule has 0 radical (unpaired) electrons. The Bertz CT molecular complexity index is 1170. The summed E-state index contributed by atoms with van der Waals surface area (Å²) in [6, 6.07) is 14.5. The summed E-state index contributed by atoms with van der Waals surface area (Å²) in [7, 11) is 0. The highest BCUT2D eigenvalue weighted by atomic mass is 16.2. The fourth-order valence-corrected chi connectivity index (χ4v) is 4.94. The van der Waals surface area contributed by atoms with Gasteiger partial charge in [0.05, 0.1) is 6.04 Å². The Morgan fingerprint density at radius 3 is 2.32 bits per heavy atom. The molecule has 0 saturated carbocycles. The van der Waals surface area contributed by atoms with Gasteiger partial charge in [-0.15, -0.1) is 0 Å². The molecule has 0 spiro atoms. The van der Waals surface area contributed by atoms with Crippen LogP contribution in [0.1, 0.15) is 47.5 Å². The summed E-state index contributed by atoms with van der Waals surface area (Å²) in [4.78, 5) is 27.8. The van der Waals surface area contributed by atoms with Crippen molar-refractivity contribution in [3.63, 3.8) is 0 Å². The van der Waals surface area contributed by atoms with Crippen molar-refractivity contribution in [2.75, 3.05) is 18.4 Å². The zero-order chi connectivity index (χ0) is 24.4. The van der Waals surface area contributed by atoms with Gasteiger partial charge in [-0.3, -0.25) is 14.5 Å². The number of anilines is 1. The molecular formula is C28H38N4O2. The van der Waals surface area contributed by atoms with Crippen LogP contribution in [0.4, 0.5) is 5.69 Å². The van der Waals surface area contributed by atoms with Crippen LogP contribution in [0, 0.1) is 11.8 Å². The van der Waals surface area contributed by atoms with Crippen molar-refractivity contribution in [1.29, 1.82) is 0 Å². The first-order chi connectivity index (χ1) is 16.3. The minimum absolute atomic E-state index is 0.00471. The van der Waals surface area contributed by atoms with Gasteiger partial charge in [-0.25, -0.2) is 0 Å². The summed E-state index contributed by atoms with van der Waals surface area (Å²) in [5.74, 6) is 0.601. The molecule has 1 saturated heterocycles. The van der Waals surface area contributed by atoms with Crippen molar-refractivity contribution in [3.8, 4) is 0 Å². The number of nitrogens with zero attached hydrogens (tertiary/aromatic N) is 2. The minimum Gasteiger partial charge on any atom is -0.353 e. The first kappa shape index (κ1) is 24.3. The van der Waals surface area contributed by atoms with E-state index in [1.54, 1.807) is 0 Å². The molecule has 1 aliphatic rings. The lowest BCUT2D eigenvalue weighted by atomic mass is 9.94. The predicted molar refractivity (Wildman–Crippen MR) is 140 cm³/mol. The first-order valence-electron chi connectivity index (χ1n) is 12.7. The maximum Gasteiger partial charge on any atom is 0.241 e. The molecule has 2 amide bonds. The molecule has 4 rings (SSSR count).